The maximum atomic E-state index is 9.84. The number of aliphatic hydroxyl groups excluding tert-OH is 5. The molecular weight excluding hydrogens is 268 g/mol. The Bertz CT molecular complexity index is 436. The first-order valence-corrected chi connectivity index (χ1v) is 6.24. The lowest BCUT2D eigenvalue weighted by Crippen LogP contribution is -2.60. The molecule has 2 rings (SSSR count). The highest BCUT2D eigenvalue weighted by molar-refractivity contribution is 5.32. The van der Waals surface area contributed by atoms with E-state index >= 15 is 0 Å². The van der Waals surface area contributed by atoms with Crippen LogP contribution in [0.25, 0.3) is 0 Å². The van der Waals surface area contributed by atoms with Crippen LogP contribution in [0.4, 0.5) is 0 Å². The van der Waals surface area contributed by atoms with Gasteiger partial charge in [0.2, 0.25) is 6.29 Å². The summed E-state index contributed by atoms with van der Waals surface area (Å²) < 4.78 is 10.6. The molecule has 1 aliphatic rings. The van der Waals surface area contributed by atoms with Crippen molar-refractivity contribution in [2.45, 2.75) is 37.3 Å². The molecular formula is C13H18O7. The summed E-state index contributed by atoms with van der Waals surface area (Å²) in [6.45, 7) is -0.778. The summed E-state index contributed by atoms with van der Waals surface area (Å²) in [7, 11) is 0. The highest BCUT2D eigenvalue weighted by Gasteiger charge is 2.44. The van der Waals surface area contributed by atoms with Gasteiger partial charge >= 0.3 is 0 Å². The molecule has 1 heterocycles. The third-order valence-electron chi connectivity index (χ3n) is 3.23. The number of para-hydroxylation sites is 1. The molecule has 0 radical (unpaired) electrons. The molecule has 1 aromatic carbocycles. The van der Waals surface area contributed by atoms with Gasteiger partial charge in [-0.3, -0.25) is 0 Å². The Hall–Kier alpha value is -1.22. The molecule has 3 unspecified atom stereocenters. The van der Waals surface area contributed by atoms with Crippen molar-refractivity contribution >= 4 is 0 Å². The lowest BCUT2D eigenvalue weighted by Gasteiger charge is -2.39. The topological polar surface area (TPSA) is 120 Å². The molecule has 0 bridgehead atoms. The van der Waals surface area contributed by atoms with Crippen molar-refractivity contribution in [2.75, 3.05) is 6.61 Å². The maximum absolute atomic E-state index is 9.84. The molecule has 1 saturated heterocycles. The standard InChI is InChI=1S/C13H18O7/c14-5-7-3-1-2-4-8(7)19-13-12(18)11(17)10(16)9(6-15)20-13/h1-4,9-18H,5-6H2/t9?,10?,11-,12+,13?/m0/s1. The van der Waals surface area contributed by atoms with Crippen molar-refractivity contribution < 1.29 is 35.0 Å². The third-order valence-corrected chi connectivity index (χ3v) is 3.23. The van der Waals surface area contributed by atoms with Crippen molar-refractivity contribution in [1.82, 2.24) is 0 Å². The van der Waals surface area contributed by atoms with Gasteiger partial charge in [-0.1, -0.05) is 18.2 Å². The highest BCUT2D eigenvalue weighted by atomic mass is 16.7. The fourth-order valence-electron chi connectivity index (χ4n) is 2.04. The first kappa shape index (κ1) is 15.2. The zero-order chi connectivity index (χ0) is 14.7. The Kier molecular flexibility index (Phi) is 4.92. The monoisotopic (exact) mass is 286 g/mol. The summed E-state index contributed by atoms with van der Waals surface area (Å²) in [5.41, 5.74) is 0.490. The van der Waals surface area contributed by atoms with Crippen LogP contribution in [0.15, 0.2) is 24.3 Å². The van der Waals surface area contributed by atoms with E-state index in [0.717, 1.165) is 0 Å². The van der Waals surface area contributed by atoms with Crippen LogP contribution in [0.2, 0.25) is 0 Å². The van der Waals surface area contributed by atoms with Gasteiger partial charge in [-0.2, -0.15) is 0 Å². The first-order valence-electron chi connectivity index (χ1n) is 6.24. The van der Waals surface area contributed by atoms with Crippen molar-refractivity contribution in [3.05, 3.63) is 29.8 Å². The molecule has 5 N–H and O–H groups in total. The molecule has 7 heteroatoms. The van der Waals surface area contributed by atoms with Crippen molar-refractivity contribution in [2.24, 2.45) is 0 Å². The van der Waals surface area contributed by atoms with Gasteiger partial charge in [-0.25, -0.2) is 0 Å². The summed E-state index contributed by atoms with van der Waals surface area (Å²) in [6, 6.07) is 6.61. The Morgan fingerprint density at radius 3 is 2.35 bits per heavy atom. The smallest absolute Gasteiger partial charge is 0.229 e. The second kappa shape index (κ2) is 6.49. The Morgan fingerprint density at radius 1 is 1.00 bits per heavy atom. The fraction of sp³-hybridized carbons (Fsp3) is 0.538. The summed E-state index contributed by atoms with van der Waals surface area (Å²) in [5.74, 6) is 0.291. The molecule has 112 valence electrons. The zero-order valence-corrected chi connectivity index (χ0v) is 10.7. The molecule has 0 aliphatic carbocycles. The maximum Gasteiger partial charge on any atom is 0.229 e. The number of rotatable bonds is 4. The van der Waals surface area contributed by atoms with E-state index < -0.39 is 37.3 Å². The van der Waals surface area contributed by atoms with Crippen molar-refractivity contribution in [3.63, 3.8) is 0 Å². The van der Waals surface area contributed by atoms with Crippen LogP contribution in [0, 0.1) is 0 Å². The summed E-state index contributed by atoms with van der Waals surface area (Å²) >= 11 is 0. The van der Waals surface area contributed by atoms with Gasteiger partial charge in [0, 0.05) is 5.56 Å². The third kappa shape index (κ3) is 2.93. The molecule has 0 spiro atoms. The first-order chi connectivity index (χ1) is 9.58. The number of benzene rings is 1. The molecule has 0 saturated carbocycles. The van der Waals surface area contributed by atoms with Gasteiger partial charge in [0.05, 0.1) is 13.2 Å². The number of hydrogen-bond donors (Lipinski definition) is 5. The summed E-state index contributed by atoms with van der Waals surface area (Å²) in [6.07, 6.45) is -6.67. The van der Waals surface area contributed by atoms with E-state index in [-0.39, 0.29) is 6.61 Å². The molecule has 1 aliphatic heterocycles. The average Bonchev–Trinajstić information content (AvgIpc) is 2.48. The molecule has 1 fully saturated rings. The number of aliphatic hydroxyl groups is 5. The summed E-state index contributed by atoms with van der Waals surface area (Å²) in [4.78, 5) is 0. The van der Waals surface area contributed by atoms with E-state index in [4.69, 9.17) is 14.6 Å². The van der Waals surface area contributed by atoms with Crippen LogP contribution >= 0.6 is 0 Å². The van der Waals surface area contributed by atoms with Gasteiger partial charge in [0.15, 0.2) is 0 Å². The minimum Gasteiger partial charge on any atom is -0.462 e. The molecule has 7 nitrogen and oxygen atoms in total. The molecule has 1 aromatic rings. The second-order valence-electron chi connectivity index (χ2n) is 4.58. The van der Waals surface area contributed by atoms with Gasteiger partial charge in [0.1, 0.15) is 30.2 Å². The quantitative estimate of drug-likeness (QED) is 0.450. The van der Waals surface area contributed by atoms with E-state index in [9.17, 15) is 20.4 Å². The van der Waals surface area contributed by atoms with E-state index in [2.05, 4.69) is 0 Å². The van der Waals surface area contributed by atoms with Crippen LogP contribution in [0.5, 0.6) is 5.75 Å². The average molecular weight is 286 g/mol. The lowest BCUT2D eigenvalue weighted by atomic mass is 9.99. The molecule has 0 amide bonds. The Morgan fingerprint density at radius 2 is 1.70 bits per heavy atom. The van der Waals surface area contributed by atoms with Crippen molar-refractivity contribution in [1.29, 1.82) is 0 Å². The predicted octanol–water partition coefficient (Wildman–Crippen LogP) is -1.64. The second-order valence-corrected chi connectivity index (χ2v) is 4.58. The van der Waals surface area contributed by atoms with Crippen LogP contribution in [0.3, 0.4) is 0 Å². The lowest BCUT2D eigenvalue weighted by molar-refractivity contribution is -0.277. The SMILES string of the molecule is OCc1ccccc1OC1OC(CO)C(O)[C@H](O)[C@H]1O. The Labute approximate surface area is 115 Å². The van der Waals surface area contributed by atoms with E-state index in [1.807, 2.05) is 0 Å². The van der Waals surface area contributed by atoms with E-state index in [1.165, 1.54) is 0 Å². The summed E-state index contributed by atoms with van der Waals surface area (Å²) in [5, 5.41) is 47.4. The largest absolute Gasteiger partial charge is 0.462 e. The van der Waals surface area contributed by atoms with E-state index in [1.54, 1.807) is 24.3 Å². The van der Waals surface area contributed by atoms with Gasteiger partial charge in [0.25, 0.3) is 0 Å². The molecule has 5 atom stereocenters. The van der Waals surface area contributed by atoms with Crippen LogP contribution in [-0.2, 0) is 11.3 Å². The Balaban J connectivity index is 2.15. The predicted molar refractivity (Wildman–Crippen MR) is 66.8 cm³/mol. The minimum atomic E-state index is -1.49. The normalized spacial score (nSPS) is 34.0. The molecule has 0 aromatic heterocycles. The molecule has 20 heavy (non-hydrogen) atoms. The highest BCUT2D eigenvalue weighted by Crippen LogP contribution is 2.26. The van der Waals surface area contributed by atoms with E-state index in [0.29, 0.717) is 11.3 Å². The van der Waals surface area contributed by atoms with Crippen LogP contribution in [0.1, 0.15) is 5.56 Å². The minimum absolute atomic E-state index is 0.256. The van der Waals surface area contributed by atoms with Crippen molar-refractivity contribution in [3.8, 4) is 5.75 Å². The van der Waals surface area contributed by atoms with Crippen LogP contribution in [-0.4, -0.2) is 62.8 Å². The van der Waals surface area contributed by atoms with Crippen LogP contribution < -0.4 is 4.74 Å². The van der Waals surface area contributed by atoms with Gasteiger partial charge in [-0.05, 0) is 6.07 Å². The zero-order valence-electron chi connectivity index (χ0n) is 10.7. The number of hydrogen-bond acceptors (Lipinski definition) is 7. The van der Waals surface area contributed by atoms with Gasteiger partial charge < -0.3 is 35.0 Å². The van der Waals surface area contributed by atoms with Gasteiger partial charge in [-0.15, -0.1) is 0 Å². The number of ether oxygens (including phenoxy) is 2. The fourth-order valence-corrected chi connectivity index (χ4v) is 2.04.